The number of unbranched alkanes of at least 4 members (excludes halogenated alkanes) is 6. The van der Waals surface area contributed by atoms with Gasteiger partial charge >= 0.3 is 0 Å². The second kappa shape index (κ2) is 10.6. The topological polar surface area (TPSA) is 26.1 Å². The number of hydrogen-bond donors (Lipinski definition) is 0. The summed E-state index contributed by atoms with van der Waals surface area (Å²) in [5, 5.41) is 11.4. The minimum absolute atomic E-state index is 0.0755. The van der Waals surface area contributed by atoms with E-state index in [1.165, 1.54) is 44.9 Å². The molecule has 0 radical (unpaired) electrons. The first-order chi connectivity index (χ1) is 8.07. The van der Waals surface area contributed by atoms with Gasteiger partial charge in [0.1, 0.15) is 0 Å². The van der Waals surface area contributed by atoms with Gasteiger partial charge in [-0.2, -0.15) is 0 Å². The van der Waals surface area contributed by atoms with Crippen molar-refractivity contribution in [2.75, 3.05) is 0 Å². The smallest absolute Gasteiger partial charge is 0.157 e. The van der Waals surface area contributed by atoms with Gasteiger partial charge in [0.05, 0.1) is 0 Å². The quantitative estimate of drug-likeness (QED) is 0.178. The Balaban J connectivity index is 3.45. The molecular weight excluding hydrogens is 210 g/mol. The molecule has 0 N–H and O–H groups in total. The van der Waals surface area contributed by atoms with Crippen molar-refractivity contribution < 1.29 is 4.74 Å². The molecule has 2 nitrogen and oxygen atoms in total. The fraction of sp³-hybridized carbons (Fsp3) is 0.933. The van der Waals surface area contributed by atoms with E-state index in [4.69, 9.17) is 0 Å². The van der Waals surface area contributed by atoms with Crippen LogP contribution in [0.5, 0.6) is 0 Å². The number of hydroxylamine groups is 1. The van der Waals surface area contributed by atoms with Crippen LogP contribution in [0.4, 0.5) is 0 Å². The van der Waals surface area contributed by atoms with E-state index in [1.54, 1.807) is 0 Å². The van der Waals surface area contributed by atoms with Crippen molar-refractivity contribution in [2.24, 2.45) is 5.92 Å². The van der Waals surface area contributed by atoms with E-state index in [9.17, 15) is 5.21 Å². The molecule has 17 heavy (non-hydrogen) atoms. The van der Waals surface area contributed by atoms with Gasteiger partial charge in [0, 0.05) is 5.92 Å². The van der Waals surface area contributed by atoms with E-state index >= 15 is 0 Å². The molecule has 0 aromatic rings. The highest BCUT2D eigenvalue weighted by molar-refractivity contribution is 5.54. The molecule has 0 bridgehead atoms. The Morgan fingerprint density at radius 2 is 1.47 bits per heavy atom. The van der Waals surface area contributed by atoms with E-state index in [0.717, 1.165) is 11.2 Å². The molecule has 0 aliphatic rings. The predicted molar refractivity (Wildman–Crippen MR) is 76.6 cm³/mol. The molecule has 0 spiro atoms. The van der Waals surface area contributed by atoms with E-state index in [0.29, 0.717) is 5.92 Å². The molecule has 0 aliphatic carbocycles. The van der Waals surface area contributed by atoms with Gasteiger partial charge in [-0.25, -0.2) is 4.74 Å². The average Bonchev–Trinajstić information content (AvgIpc) is 2.27. The fourth-order valence-corrected chi connectivity index (χ4v) is 1.92. The maximum atomic E-state index is 11.4. The summed E-state index contributed by atoms with van der Waals surface area (Å²) in [6.07, 6.45) is 12.4. The predicted octanol–water partition coefficient (Wildman–Crippen LogP) is 4.75. The monoisotopic (exact) mass is 241 g/mol. The van der Waals surface area contributed by atoms with Crippen molar-refractivity contribution in [3.63, 3.8) is 0 Å². The van der Waals surface area contributed by atoms with Gasteiger partial charge in [-0.15, -0.1) is 0 Å². The molecule has 0 fully saturated rings. The van der Waals surface area contributed by atoms with Crippen molar-refractivity contribution in [1.29, 1.82) is 0 Å². The maximum absolute atomic E-state index is 11.4. The summed E-state index contributed by atoms with van der Waals surface area (Å²) in [6, 6.07) is 0.0755. The lowest BCUT2D eigenvalue weighted by molar-refractivity contribution is -0.489. The first-order valence-electron chi connectivity index (χ1n) is 7.38. The first-order valence-corrected chi connectivity index (χ1v) is 7.38. The second-order valence-electron chi connectivity index (χ2n) is 5.49. The molecule has 0 amide bonds. The van der Waals surface area contributed by atoms with Crippen molar-refractivity contribution in [3.8, 4) is 0 Å². The maximum Gasteiger partial charge on any atom is 0.157 e. The van der Waals surface area contributed by atoms with Crippen LogP contribution in [0.2, 0.25) is 0 Å². The van der Waals surface area contributed by atoms with Gasteiger partial charge < -0.3 is 5.21 Å². The normalized spacial score (nSPS) is 14.3. The van der Waals surface area contributed by atoms with Gasteiger partial charge in [0.25, 0.3) is 0 Å². The van der Waals surface area contributed by atoms with Crippen LogP contribution >= 0.6 is 0 Å². The van der Waals surface area contributed by atoms with Crippen LogP contribution in [-0.4, -0.2) is 17.0 Å². The summed E-state index contributed by atoms with van der Waals surface area (Å²) in [6.45, 7) is 8.26. The van der Waals surface area contributed by atoms with Crippen molar-refractivity contribution >= 4 is 6.21 Å². The van der Waals surface area contributed by atoms with Crippen molar-refractivity contribution in [3.05, 3.63) is 5.21 Å². The van der Waals surface area contributed by atoms with E-state index in [2.05, 4.69) is 13.8 Å². The van der Waals surface area contributed by atoms with E-state index in [-0.39, 0.29) is 6.04 Å². The summed E-state index contributed by atoms with van der Waals surface area (Å²) in [5.74, 6) is 0.422. The van der Waals surface area contributed by atoms with Crippen LogP contribution in [0.25, 0.3) is 0 Å². The van der Waals surface area contributed by atoms with Crippen LogP contribution in [0, 0.1) is 11.1 Å². The highest BCUT2D eigenvalue weighted by Gasteiger charge is 2.05. The van der Waals surface area contributed by atoms with Gasteiger partial charge in [-0.05, 0) is 20.3 Å². The molecular formula is C15H31NO. The number of rotatable bonds is 10. The molecule has 0 saturated carbocycles. The molecule has 0 heterocycles. The van der Waals surface area contributed by atoms with Gasteiger partial charge in [-0.1, -0.05) is 58.8 Å². The van der Waals surface area contributed by atoms with E-state index < -0.39 is 0 Å². The summed E-state index contributed by atoms with van der Waals surface area (Å²) in [7, 11) is 0. The summed E-state index contributed by atoms with van der Waals surface area (Å²) < 4.78 is 1.09. The summed E-state index contributed by atoms with van der Waals surface area (Å²) in [5.41, 5.74) is 0. The molecule has 0 rings (SSSR count). The Hall–Kier alpha value is -0.530. The highest BCUT2D eigenvalue weighted by atomic mass is 16.5. The Morgan fingerprint density at radius 1 is 0.941 bits per heavy atom. The molecule has 0 aromatic heterocycles. The Bertz CT molecular complexity index is 199. The zero-order chi connectivity index (χ0) is 13.1. The van der Waals surface area contributed by atoms with Crippen molar-refractivity contribution in [1.82, 2.24) is 0 Å². The first kappa shape index (κ1) is 16.5. The zero-order valence-corrected chi connectivity index (χ0v) is 12.2. The number of nitrogens with zero attached hydrogens (tertiary/aromatic N) is 1. The lowest BCUT2D eigenvalue weighted by atomic mass is 10.0. The molecule has 0 aromatic carbocycles. The zero-order valence-electron chi connectivity index (χ0n) is 12.2. The molecule has 1 atom stereocenters. The largest absolute Gasteiger partial charge is 0.624 e. The third-order valence-electron chi connectivity index (χ3n) is 3.17. The van der Waals surface area contributed by atoms with Crippen LogP contribution in [0.1, 0.15) is 79.1 Å². The van der Waals surface area contributed by atoms with Crippen LogP contribution in [-0.2, 0) is 0 Å². The fourth-order valence-electron chi connectivity index (χ4n) is 1.92. The molecule has 1 unspecified atom stereocenters. The third-order valence-corrected chi connectivity index (χ3v) is 3.17. The summed E-state index contributed by atoms with van der Waals surface area (Å²) >= 11 is 0. The van der Waals surface area contributed by atoms with E-state index in [1.807, 2.05) is 20.1 Å². The standard InChI is InChI=1S/C15H31NO/c1-5-6-7-8-9-10-11-12-15(4)13-16(17)14(2)3/h13-15H,5-12H2,1-4H3/b16-13+. The highest BCUT2D eigenvalue weighted by Crippen LogP contribution is 2.11. The van der Waals surface area contributed by atoms with Crippen LogP contribution < -0.4 is 0 Å². The lowest BCUT2D eigenvalue weighted by Gasteiger charge is -2.10. The third kappa shape index (κ3) is 10.3. The second-order valence-corrected chi connectivity index (χ2v) is 5.49. The lowest BCUT2D eigenvalue weighted by Crippen LogP contribution is -2.17. The number of hydrogen-bond acceptors (Lipinski definition) is 1. The van der Waals surface area contributed by atoms with Gasteiger partial charge in [0.2, 0.25) is 0 Å². The minimum atomic E-state index is 0.0755. The van der Waals surface area contributed by atoms with Crippen molar-refractivity contribution in [2.45, 2.75) is 85.1 Å². The van der Waals surface area contributed by atoms with Crippen LogP contribution in [0.3, 0.4) is 0 Å². The molecule has 0 saturated heterocycles. The summed E-state index contributed by atoms with van der Waals surface area (Å²) in [4.78, 5) is 0. The van der Waals surface area contributed by atoms with Gasteiger partial charge in [0.15, 0.2) is 12.3 Å². The molecule has 102 valence electrons. The minimum Gasteiger partial charge on any atom is -0.624 e. The SMILES string of the molecule is CCCCCCCCCC(C)/C=[N+](/[O-])C(C)C. The Labute approximate surface area is 108 Å². The Kier molecular flexibility index (Phi) is 10.3. The molecule has 2 heteroatoms. The average molecular weight is 241 g/mol. The molecule has 0 aliphatic heterocycles. The Morgan fingerprint density at radius 3 is 2.00 bits per heavy atom. The van der Waals surface area contributed by atoms with Crippen LogP contribution in [0.15, 0.2) is 0 Å². The van der Waals surface area contributed by atoms with Gasteiger partial charge in [-0.3, -0.25) is 0 Å².